The van der Waals surface area contributed by atoms with Crippen LogP contribution < -0.4 is 14.4 Å². The van der Waals surface area contributed by atoms with Crippen molar-refractivity contribution >= 4 is 11.7 Å². The number of ether oxygens (including phenoxy) is 2. The SMILES string of the molecule is COc1ccc(OC2CCN(c3nc4c(cc3C)C(=O)N(CCO)C4)CC2)cn1. The highest BCUT2D eigenvalue weighted by atomic mass is 16.5. The summed E-state index contributed by atoms with van der Waals surface area (Å²) < 4.78 is 11.1. The molecule has 4 rings (SSSR count). The van der Waals surface area contributed by atoms with Crippen LogP contribution in [0.2, 0.25) is 0 Å². The van der Waals surface area contributed by atoms with E-state index < -0.39 is 0 Å². The van der Waals surface area contributed by atoms with Crippen LogP contribution in [0.15, 0.2) is 24.4 Å². The molecule has 0 unspecified atom stereocenters. The second kappa shape index (κ2) is 8.24. The first-order valence-electron chi connectivity index (χ1n) is 9.91. The largest absolute Gasteiger partial charge is 0.489 e. The molecule has 1 amide bonds. The summed E-state index contributed by atoms with van der Waals surface area (Å²) in [5, 5.41) is 9.15. The number of aryl methyl sites for hydroxylation is 1. The van der Waals surface area contributed by atoms with Crippen molar-refractivity contribution in [3.63, 3.8) is 0 Å². The number of nitrogens with zero attached hydrogens (tertiary/aromatic N) is 4. The molecule has 2 aromatic heterocycles. The quantitative estimate of drug-likeness (QED) is 0.794. The lowest BCUT2D eigenvalue weighted by atomic mass is 10.1. The van der Waals surface area contributed by atoms with E-state index in [1.807, 2.05) is 19.1 Å². The standard InChI is InChI=1S/C21H26N4O4/c1-14-11-17-18(13-25(9-10-26)21(17)27)23-20(14)24-7-5-15(6-8-24)29-16-3-4-19(28-2)22-12-16/h3-4,11-12,15,26H,5-10,13H2,1-2H3. The number of β-amino-alcohol motifs (C(OH)–C–C–N with tert-alkyl or cyclic N) is 1. The van der Waals surface area contributed by atoms with E-state index in [0.29, 0.717) is 24.5 Å². The summed E-state index contributed by atoms with van der Waals surface area (Å²) in [5.41, 5.74) is 2.46. The van der Waals surface area contributed by atoms with E-state index in [1.165, 1.54) is 0 Å². The van der Waals surface area contributed by atoms with Crippen molar-refractivity contribution in [3.8, 4) is 11.6 Å². The zero-order chi connectivity index (χ0) is 20.4. The molecule has 0 radical (unpaired) electrons. The van der Waals surface area contributed by atoms with E-state index in [0.717, 1.165) is 48.8 Å². The number of carbonyl (C=O) groups excluding carboxylic acids is 1. The topological polar surface area (TPSA) is 88.0 Å². The van der Waals surface area contributed by atoms with Gasteiger partial charge in [0.15, 0.2) is 0 Å². The molecule has 2 aliphatic rings. The van der Waals surface area contributed by atoms with Gasteiger partial charge >= 0.3 is 0 Å². The van der Waals surface area contributed by atoms with Crippen molar-refractivity contribution < 1.29 is 19.4 Å². The Kier molecular flexibility index (Phi) is 5.53. The fraction of sp³-hybridized carbons (Fsp3) is 0.476. The molecule has 8 nitrogen and oxygen atoms in total. The highest BCUT2D eigenvalue weighted by Gasteiger charge is 2.31. The van der Waals surface area contributed by atoms with E-state index in [-0.39, 0.29) is 18.6 Å². The molecule has 0 atom stereocenters. The van der Waals surface area contributed by atoms with Crippen molar-refractivity contribution in [1.82, 2.24) is 14.9 Å². The van der Waals surface area contributed by atoms with Crippen molar-refractivity contribution in [3.05, 3.63) is 41.2 Å². The van der Waals surface area contributed by atoms with Gasteiger partial charge in [-0.25, -0.2) is 9.97 Å². The zero-order valence-corrected chi connectivity index (χ0v) is 16.8. The van der Waals surface area contributed by atoms with Gasteiger partial charge in [-0.2, -0.15) is 0 Å². The van der Waals surface area contributed by atoms with Crippen molar-refractivity contribution in [2.75, 3.05) is 38.3 Å². The third-order valence-corrected chi connectivity index (χ3v) is 5.46. The fourth-order valence-corrected chi connectivity index (χ4v) is 3.93. The lowest BCUT2D eigenvalue weighted by molar-refractivity contribution is 0.0745. The summed E-state index contributed by atoms with van der Waals surface area (Å²) in [6.45, 7) is 4.45. The molecule has 0 aliphatic carbocycles. The molecule has 1 fully saturated rings. The van der Waals surface area contributed by atoms with Crippen LogP contribution in [0.5, 0.6) is 11.6 Å². The number of fused-ring (bicyclic) bond motifs is 1. The number of aromatic nitrogens is 2. The number of piperidine rings is 1. The van der Waals surface area contributed by atoms with Crippen LogP contribution in [0, 0.1) is 6.92 Å². The highest BCUT2D eigenvalue weighted by molar-refractivity contribution is 5.98. The first-order valence-corrected chi connectivity index (χ1v) is 9.91. The summed E-state index contributed by atoms with van der Waals surface area (Å²) in [6, 6.07) is 5.60. The van der Waals surface area contributed by atoms with Crippen LogP contribution >= 0.6 is 0 Å². The minimum absolute atomic E-state index is 0.0389. The maximum Gasteiger partial charge on any atom is 0.256 e. The Hall–Kier alpha value is -2.87. The third-order valence-electron chi connectivity index (χ3n) is 5.46. The van der Waals surface area contributed by atoms with Crippen molar-refractivity contribution in [2.24, 2.45) is 0 Å². The lowest BCUT2D eigenvalue weighted by Gasteiger charge is -2.33. The van der Waals surface area contributed by atoms with Crippen LogP contribution in [0.25, 0.3) is 0 Å². The average molecular weight is 398 g/mol. The molecule has 4 heterocycles. The molecule has 154 valence electrons. The molecule has 2 aromatic rings. The molecular formula is C21H26N4O4. The van der Waals surface area contributed by atoms with Gasteiger partial charge in [-0.15, -0.1) is 0 Å². The number of rotatable bonds is 6. The third kappa shape index (κ3) is 3.98. The monoisotopic (exact) mass is 398 g/mol. The Labute approximate surface area is 170 Å². The van der Waals surface area contributed by atoms with Crippen LogP contribution in [0.3, 0.4) is 0 Å². The van der Waals surface area contributed by atoms with Crippen LogP contribution in [-0.2, 0) is 6.54 Å². The maximum absolute atomic E-state index is 12.4. The van der Waals surface area contributed by atoms with Crippen LogP contribution in [0.4, 0.5) is 5.82 Å². The number of methoxy groups -OCH3 is 1. The Bertz CT molecular complexity index is 879. The number of aliphatic hydroxyl groups is 1. The van der Waals surface area contributed by atoms with Gasteiger partial charge in [0.25, 0.3) is 5.91 Å². The number of pyridine rings is 2. The summed E-state index contributed by atoms with van der Waals surface area (Å²) in [5.74, 6) is 2.21. The van der Waals surface area contributed by atoms with Gasteiger partial charge in [0.1, 0.15) is 17.7 Å². The number of hydrogen-bond donors (Lipinski definition) is 1. The molecule has 0 aromatic carbocycles. The highest BCUT2D eigenvalue weighted by Crippen LogP contribution is 2.29. The second-order valence-electron chi connectivity index (χ2n) is 7.41. The van der Waals surface area contributed by atoms with E-state index in [2.05, 4.69) is 9.88 Å². The predicted octanol–water partition coefficient (Wildman–Crippen LogP) is 1.79. The maximum atomic E-state index is 12.4. The predicted molar refractivity (Wildman–Crippen MR) is 107 cm³/mol. The number of carbonyl (C=O) groups is 1. The molecule has 0 bridgehead atoms. The zero-order valence-electron chi connectivity index (χ0n) is 16.8. The Morgan fingerprint density at radius 2 is 2.07 bits per heavy atom. The smallest absolute Gasteiger partial charge is 0.256 e. The summed E-state index contributed by atoms with van der Waals surface area (Å²) >= 11 is 0. The molecule has 0 saturated carbocycles. The number of hydrogen-bond acceptors (Lipinski definition) is 7. The molecule has 8 heteroatoms. The first-order chi connectivity index (χ1) is 14.1. The number of aliphatic hydroxyl groups excluding tert-OH is 1. The number of amides is 1. The second-order valence-corrected chi connectivity index (χ2v) is 7.41. The van der Waals surface area contributed by atoms with Gasteiger partial charge in [-0.05, 0) is 24.6 Å². The van der Waals surface area contributed by atoms with E-state index >= 15 is 0 Å². The van der Waals surface area contributed by atoms with Gasteiger partial charge in [-0.1, -0.05) is 0 Å². The van der Waals surface area contributed by atoms with E-state index in [1.54, 1.807) is 24.3 Å². The lowest BCUT2D eigenvalue weighted by Crippen LogP contribution is -2.39. The fourth-order valence-electron chi connectivity index (χ4n) is 3.93. The number of anilines is 1. The van der Waals surface area contributed by atoms with Gasteiger partial charge < -0.3 is 24.4 Å². The molecular weight excluding hydrogens is 372 g/mol. The Morgan fingerprint density at radius 3 is 2.72 bits per heavy atom. The molecule has 1 N–H and O–H groups in total. The van der Waals surface area contributed by atoms with Crippen molar-refractivity contribution in [2.45, 2.75) is 32.4 Å². The van der Waals surface area contributed by atoms with Crippen LogP contribution in [0.1, 0.15) is 34.5 Å². The average Bonchev–Trinajstić information content (AvgIpc) is 3.04. The Morgan fingerprint density at radius 1 is 1.28 bits per heavy atom. The van der Waals surface area contributed by atoms with Gasteiger partial charge in [0.2, 0.25) is 5.88 Å². The molecule has 2 aliphatic heterocycles. The van der Waals surface area contributed by atoms with Gasteiger partial charge in [0, 0.05) is 38.5 Å². The van der Waals surface area contributed by atoms with Gasteiger partial charge in [0.05, 0.1) is 37.7 Å². The minimum atomic E-state index is -0.0450. The van der Waals surface area contributed by atoms with Gasteiger partial charge in [-0.3, -0.25) is 4.79 Å². The normalized spacial score (nSPS) is 16.9. The molecule has 1 saturated heterocycles. The summed E-state index contributed by atoms with van der Waals surface area (Å²) in [7, 11) is 1.59. The van der Waals surface area contributed by atoms with E-state index in [4.69, 9.17) is 19.6 Å². The first kappa shape index (κ1) is 19.4. The molecule has 0 spiro atoms. The van der Waals surface area contributed by atoms with Crippen LogP contribution in [-0.4, -0.2) is 65.3 Å². The Balaban J connectivity index is 1.40. The molecule has 29 heavy (non-hydrogen) atoms. The minimum Gasteiger partial charge on any atom is -0.489 e. The summed E-state index contributed by atoms with van der Waals surface area (Å²) in [4.78, 5) is 25.3. The van der Waals surface area contributed by atoms with E-state index in [9.17, 15) is 4.79 Å². The van der Waals surface area contributed by atoms with Crippen molar-refractivity contribution in [1.29, 1.82) is 0 Å². The summed E-state index contributed by atoms with van der Waals surface area (Å²) in [6.07, 6.45) is 3.60.